The SMILES string of the molecule is O=C(O)CN1CCN(C(COCc2cc(C(F)(F)F)cc(C(F)(F)F)c2)c2ccc(C(=O)O)cc2)CC1. The molecule has 1 heterocycles. The third-order valence-electron chi connectivity index (χ3n) is 5.94. The van der Waals surface area contributed by atoms with E-state index in [1.165, 1.54) is 12.1 Å². The molecule has 7 nitrogen and oxygen atoms in total. The van der Waals surface area contributed by atoms with Crippen molar-refractivity contribution in [1.82, 2.24) is 9.80 Å². The molecule has 37 heavy (non-hydrogen) atoms. The first-order chi connectivity index (χ1) is 17.2. The highest BCUT2D eigenvalue weighted by atomic mass is 19.4. The molecule has 13 heteroatoms. The zero-order chi connectivity index (χ0) is 27.4. The summed E-state index contributed by atoms with van der Waals surface area (Å²) in [7, 11) is 0. The lowest BCUT2D eigenvalue weighted by atomic mass is 10.0. The van der Waals surface area contributed by atoms with Crippen LogP contribution < -0.4 is 0 Å². The maximum atomic E-state index is 13.2. The molecule has 0 radical (unpaired) electrons. The third kappa shape index (κ3) is 7.91. The van der Waals surface area contributed by atoms with Gasteiger partial charge in [-0.25, -0.2) is 4.79 Å². The molecule has 2 N–H and O–H groups in total. The van der Waals surface area contributed by atoms with Gasteiger partial charge in [-0.05, 0) is 41.5 Å². The van der Waals surface area contributed by atoms with E-state index in [-0.39, 0.29) is 30.3 Å². The van der Waals surface area contributed by atoms with Crippen LogP contribution in [-0.4, -0.2) is 71.3 Å². The van der Waals surface area contributed by atoms with E-state index < -0.39 is 48.1 Å². The zero-order valence-electron chi connectivity index (χ0n) is 19.3. The minimum atomic E-state index is -4.97. The summed E-state index contributed by atoms with van der Waals surface area (Å²) in [4.78, 5) is 25.8. The smallest absolute Gasteiger partial charge is 0.416 e. The van der Waals surface area contributed by atoms with Crippen molar-refractivity contribution >= 4 is 11.9 Å². The molecule has 2 aromatic rings. The Morgan fingerprint density at radius 3 is 1.86 bits per heavy atom. The van der Waals surface area contributed by atoms with Gasteiger partial charge in [0, 0.05) is 26.2 Å². The minimum absolute atomic E-state index is 0.0401. The summed E-state index contributed by atoms with van der Waals surface area (Å²) in [5.41, 5.74) is -2.49. The Hall–Kier alpha value is -3.16. The number of hydrogen-bond acceptors (Lipinski definition) is 5. The van der Waals surface area contributed by atoms with E-state index in [1.54, 1.807) is 17.0 Å². The van der Waals surface area contributed by atoms with E-state index in [1.807, 2.05) is 4.90 Å². The number of aromatic carboxylic acids is 1. The number of ether oxygens (including phenoxy) is 1. The number of piperazine rings is 1. The van der Waals surface area contributed by atoms with Gasteiger partial charge in [0.1, 0.15) is 0 Å². The van der Waals surface area contributed by atoms with Crippen LogP contribution in [-0.2, 0) is 28.5 Å². The number of rotatable bonds is 9. The van der Waals surface area contributed by atoms with Crippen LogP contribution in [0.5, 0.6) is 0 Å². The lowest BCUT2D eigenvalue weighted by Gasteiger charge is -2.39. The Kier molecular flexibility index (Phi) is 8.82. The molecule has 202 valence electrons. The van der Waals surface area contributed by atoms with Gasteiger partial charge in [-0.2, -0.15) is 26.3 Å². The maximum Gasteiger partial charge on any atom is 0.416 e. The second kappa shape index (κ2) is 11.5. The Labute approximate surface area is 207 Å². The molecule has 0 amide bonds. The summed E-state index contributed by atoms with van der Waals surface area (Å²) in [6, 6.07) is 6.66. The molecule has 1 aliphatic heterocycles. The monoisotopic (exact) mass is 534 g/mol. The van der Waals surface area contributed by atoms with Gasteiger partial charge in [-0.15, -0.1) is 0 Å². The van der Waals surface area contributed by atoms with Gasteiger partial charge in [0.2, 0.25) is 0 Å². The van der Waals surface area contributed by atoms with Crippen LogP contribution in [0.4, 0.5) is 26.3 Å². The standard InChI is InChI=1S/C24H24F6N2O5/c25-23(26,27)18-9-15(10-19(11-18)24(28,29)30)13-37-14-20(16-1-3-17(4-2-16)22(35)36)32-7-5-31(6-8-32)12-21(33)34/h1-4,9-11,20H,5-8,12-14H2,(H,33,34)(H,35,36). The summed E-state index contributed by atoms with van der Waals surface area (Å²) >= 11 is 0. The van der Waals surface area contributed by atoms with Crippen LogP contribution >= 0.6 is 0 Å². The topological polar surface area (TPSA) is 90.3 Å². The Bertz CT molecular complexity index is 1060. The quantitative estimate of drug-likeness (QED) is 0.462. The molecular formula is C24H24F6N2O5. The number of alkyl halides is 6. The fourth-order valence-corrected chi connectivity index (χ4v) is 4.08. The van der Waals surface area contributed by atoms with E-state index in [0.29, 0.717) is 43.9 Å². The molecule has 0 aliphatic carbocycles. The minimum Gasteiger partial charge on any atom is -0.480 e. The molecule has 1 saturated heterocycles. The van der Waals surface area contributed by atoms with Gasteiger partial charge >= 0.3 is 24.3 Å². The summed E-state index contributed by atoms with van der Waals surface area (Å²) in [6.07, 6.45) is -9.94. The molecule has 3 rings (SSSR count). The highest BCUT2D eigenvalue weighted by molar-refractivity contribution is 5.87. The second-order valence-corrected chi connectivity index (χ2v) is 8.58. The maximum absolute atomic E-state index is 13.2. The van der Waals surface area contributed by atoms with E-state index in [2.05, 4.69) is 0 Å². The van der Waals surface area contributed by atoms with Gasteiger partial charge in [0.25, 0.3) is 0 Å². The number of carbonyl (C=O) groups is 2. The lowest BCUT2D eigenvalue weighted by molar-refractivity contribution is -0.143. The van der Waals surface area contributed by atoms with Gasteiger partial charge < -0.3 is 14.9 Å². The first kappa shape index (κ1) is 28.4. The van der Waals surface area contributed by atoms with Crippen LogP contribution in [0.2, 0.25) is 0 Å². The van der Waals surface area contributed by atoms with Crippen LogP contribution in [0.15, 0.2) is 42.5 Å². The molecule has 1 aliphatic rings. The molecule has 0 aromatic heterocycles. The molecule has 2 aromatic carbocycles. The van der Waals surface area contributed by atoms with Crippen molar-refractivity contribution in [2.45, 2.75) is 25.0 Å². The zero-order valence-corrected chi connectivity index (χ0v) is 19.3. The van der Waals surface area contributed by atoms with Crippen molar-refractivity contribution < 1.29 is 50.9 Å². The van der Waals surface area contributed by atoms with Crippen LogP contribution in [0.25, 0.3) is 0 Å². The summed E-state index contributed by atoms with van der Waals surface area (Å²) < 4.78 is 84.5. The summed E-state index contributed by atoms with van der Waals surface area (Å²) in [5, 5.41) is 18.1. The van der Waals surface area contributed by atoms with Gasteiger partial charge in [-0.3, -0.25) is 14.6 Å². The second-order valence-electron chi connectivity index (χ2n) is 8.58. The predicted octanol–water partition coefficient (Wildman–Crippen LogP) is 4.38. The lowest BCUT2D eigenvalue weighted by Crippen LogP contribution is -2.49. The first-order valence-corrected chi connectivity index (χ1v) is 11.1. The van der Waals surface area contributed by atoms with E-state index in [9.17, 15) is 35.9 Å². The number of aliphatic carboxylic acids is 1. The number of benzene rings is 2. The highest BCUT2D eigenvalue weighted by Gasteiger charge is 2.37. The Morgan fingerprint density at radius 1 is 0.865 bits per heavy atom. The number of carboxylic acid groups (broad SMARTS) is 2. The van der Waals surface area contributed by atoms with Crippen molar-refractivity contribution in [3.8, 4) is 0 Å². The Morgan fingerprint density at radius 2 is 1.41 bits per heavy atom. The number of carboxylic acids is 2. The van der Waals surface area contributed by atoms with E-state index in [0.717, 1.165) is 0 Å². The van der Waals surface area contributed by atoms with Crippen molar-refractivity contribution in [2.75, 3.05) is 39.3 Å². The van der Waals surface area contributed by atoms with Crippen molar-refractivity contribution in [3.63, 3.8) is 0 Å². The molecule has 1 unspecified atom stereocenters. The number of hydrogen-bond donors (Lipinski definition) is 2. The van der Waals surface area contributed by atoms with Gasteiger partial charge in [0.05, 0.1) is 42.5 Å². The molecule has 0 saturated carbocycles. The number of halogens is 6. The van der Waals surface area contributed by atoms with Gasteiger partial charge in [0.15, 0.2) is 0 Å². The van der Waals surface area contributed by atoms with Crippen molar-refractivity contribution in [1.29, 1.82) is 0 Å². The third-order valence-corrected chi connectivity index (χ3v) is 5.94. The summed E-state index contributed by atoms with van der Waals surface area (Å²) in [6.45, 7) is 0.905. The Balaban J connectivity index is 1.78. The van der Waals surface area contributed by atoms with Crippen molar-refractivity contribution in [3.05, 3.63) is 70.3 Å². The largest absolute Gasteiger partial charge is 0.480 e. The van der Waals surface area contributed by atoms with E-state index >= 15 is 0 Å². The molecule has 1 atom stereocenters. The van der Waals surface area contributed by atoms with Crippen molar-refractivity contribution in [2.24, 2.45) is 0 Å². The molecule has 1 fully saturated rings. The average molecular weight is 534 g/mol. The highest BCUT2D eigenvalue weighted by Crippen LogP contribution is 2.36. The van der Waals surface area contributed by atoms with Crippen LogP contribution in [0.3, 0.4) is 0 Å². The van der Waals surface area contributed by atoms with Crippen LogP contribution in [0, 0.1) is 0 Å². The fourth-order valence-electron chi connectivity index (χ4n) is 4.08. The number of nitrogens with zero attached hydrogens (tertiary/aromatic N) is 2. The predicted molar refractivity (Wildman–Crippen MR) is 118 cm³/mol. The van der Waals surface area contributed by atoms with E-state index in [4.69, 9.17) is 14.9 Å². The normalized spacial score (nSPS) is 16.5. The summed E-state index contributed by atoms with van der Waals surface area (Å²) in [5.74, 6) is -2.11. The molecular weight excluding hydrogens is 510 g/mol. The van der Waals surface area contributed by atoms with Crippen LogP contribution in [0.1, 0.15) is 38.7 Å². The molecule has 0 bridgehead atoms. The fraction of sp³-hybridized carbons (Fsp3) is 0.417. The van der Waals surface area contributed by atoms with Gasteiger partial charge in [-0.1, -0.05) is 12.1 Å². The first-order valence-electron chi connectivity index (χ1n) is 11.1. The molecule has 0 spiro atoms. The average Bonchev–Trinajstić information content (AvgIpc) is 2.81.